The summed E-state index contributed by atoms with van der Waals surface area (Å²) in [6.45, 7) is 2.19. The first-order valence-electron chi connectivity index (χ1n) is 5.89. The van der Waals surface area contributed by atoms with Crippen LogP contribution in [-0.4, -0.2) is 0 Å². The van der Waals surface area contributed by atoms with Crippen molar-refractivity contribution in [3.63, 3.8) is 0 Å². The summed E-state index contributed by atoms with van der Waals surface area (Å²) in [4.78, 5) is 0. The fraction of sp³-hybridized carbons (Fsp3) is 0.125. The van der Waals surface area contributed by atoms with Gasteiger partial charge in [0.15, 0.2) is 0 Å². The maximum Gasteiger partial charge on any atom is -0.00118 e. The summed E-state index contributed by atoms with van der Waals surface area (Å²) in [5.41, 5.74) is 4.22. The van der Waals surface area contributed by atoms with Crippen molar-refractivity contribution in [2.24, 2.45) is 0 Å². The third-order valence-electron chi connectivity index (χ3n) is 3.16. The van der Waals surface area contributed by atoms with Crippen molar-refractivity contribution in [1.29, 1.82) is 0 Å². The summed E-state index contributed by atoms with van der Waals surface area (Å²) in [5.74, 6) is 0. The van der Waals surface area contributed by atoms with Crippen molar-refractivity contribution in [1.82, 2.24) is 0 Å². The Morgan fingerprint density at radius 2 is 1.71 bits per heavy atom. The second-order valence-corrected chi connectivity index (χ2v) is 5.69. The zero-order valence-electron chi connectivity index (χ0n) is 9.85. The van der Waals surface area contributed by atoms with Crippen LogP contribution in [0.4, 0.5) is 0 Å². The minimum absolute atomic E-state index is 1.07. The quantitative estimate of drug-likeness (QED) is 0.688. The van der Waals surface area contributed by atoms with Crippen LogP contribution in [0, 0.1) is 6.92 Å². The molecule has 1 radical (unpaired) electrons. The smallest absolute Gasteiger partial charge is 0.00118 e. The van der Waals surface area contributed by atoms with Crippen LogP contribution in [0.1, 0.15) is 16.7 Å². The molecule has 0 spiro atoms. The molecule has 83 valence electrons. The average Bonchev–Trinajstić information content (AvgIpc) is 2.74. The average molecular weight is 237 g/mol. The van der Waals surface area contributed by atoms with Crippen LogP contribution in [0.25, 0.3) is 6.08 Å². The predicted molar refractivity (Wildman–Crippen MR) is 75.9 cm³/mol. The lowest BCUT2D eigenvalue weighted by Gasteiger charge is -2.05. The lowest BCUT2D eigenvalue weighted by Crippen LogP contribution is -1.93. The van der Waals surface area contributed by atoms with Gasteiger partial charge in [-0.15, -0.1) is 0 Å². The molecule has 2 aromatic rings. The molecule has 0 atom stereocenters. The van der Waals surface area contributed by atoms with Gasteiger partial charge < -0.3 is 0 Å². The van der Waals surface area contributed by atoms with E-state index in [4.69, 9.17) is 0 Å². The molecular weight excluding hydrogens is 223 g/mol. The highest BCUT2D eigenvalue weighted by Crippen LogP contribution is 2.35. The highest BCUT2D eigenvalue weighted by molar-refractivity contribution is 7.53. The number of allylic oxidation sites excluding steroid dienone is 1. The molecule has 0 nitrogen and oxygen atoms in total. The van der Waals surface area contributed by atoms with Gasteiger partial charge in [-0.25, -0.2) is 0 Å². The summed E-state index contributed by atoms with van der Waals surface area (Å²) >= 11 is 0. The summed E-state index contributed by atoms with van der Waals surface area (Å²) in [5, 5.41) is 2.94. The van der Waals surface area contributed by atoms with E-state index in [9.17, 15) is 0 Å². The summed E-state index contributed by atoms with van der Waals surface area (Å²) < 4.78 is 0. The molecule has 1 heterocycles. The van der Waals surface area contributed by atoms with Crippen molar-refractivity contribution in [2.75, 3.05) is 0 Å². The molecule has 0 saturated heterocycles. The number of fused-ring (bicyclic) bond motifs is 1. The van der Waals surface area contributed by atoms with Gasteiger partial charge in [-0.3, -0.25) is 0 Å². The van der Waals surface area contributed by atoms with E-state index in [0.717, 1.165) is 6.42 Å². The minimum Gasteiger partial charge on any atom is -0.0620 e. The van der Waals surface area contributed by atoms with Crippen LogP contribution in [0.15, 0.2) is 53.8 Å². The van der Waals surface area contributed by atoms with E-state index in [1.807, 2.05) is 0 Å². The van der Waals surface area contributed by atoms with E-state index in [2.05, 4.69) is 61.5 Å². The topological polar surface area (TPSA) is 0 Å². The Balaban J connectivity index is 1.84. The second-order valence-electron chi connectivity index (χ2n) is 4.41. The maximum atomic E-state index is 2.34. The van der Waals surface area contributed by atoms with E-state index >= 15 is 0 Å². The zero-order valence-corrected chi connectivity index (χ0v) is 10.7. The van der Waals surface area contributed by atoms with Gasteiger partial charge in [-0.1, -0.05) is 48.5 Å². The number of hydrogen-bond acceptors (Lipinski definition) is 0. The third kappa shape index (κ3) is 2.18. The van der Waals surface area contributed by atoms with Gasteiger partial charge in [0.05, 0.1) is 0 Å². The molecule has 2 aromatic carbocycles. The molecule has 1 aliphatic heterocycles. The Kier molecular flexibility index (Phi) is 2.82. The lowest BCUT2D eigenvalue weighted by atomic mass is 10.1. The third-order valence-corrected chi connectivity index (χ3v) is 4.38. The Morgan fingerprint density at radius 1 is 0.941 bits per heavy atom. The predicted octanol–water partition coefficient (Wildman–Crippen LogP) is 4.16. The molecule has 0 bridgehead atoms. The van der Waals surface area contributed by atoms with Gasteiger partial charge in [0.25, 0.3) is 0 Å². The molecule has 0 saturated carbocycles. The van der Waals surface area contributed by atoms with Crippen LogP contribution in [-0.2, 0) is 6.42 Å². The van der Waals surface area contributed by atoms with Gasteiger partial charge in [0.2, 0.25) is 0 Å². The molecule has 1 heteroatoms. The molecule has 0 N–H and O–H groups in total. The maximum absolute atomic E-state index is 2.34. The van der Waals surface area contributed by atoms with E-state index in [1.54, 1.807) is 0 Å². The van der Waals surface area contributed by atoms with E-state index in [-0.39, 0.29) is 0 Å². The first kappa shape index (κ1) is 10.7. The van der Waals surface area contributed by atoms with Gasteiger partial charge >= 0.3 is 0 Å². The highest BCUT2D eigenvalue weighted by atomic mass is 31.1. The van der Waals surface area contributed by atoms with Crippen LogP contribution in [0.3, 0.4) is 0 Å². The minimum atomic E-state index is 1.07. The largest absolute Gasteiger partial charge is 0.0620 e. The first-order chi connectivity index (χ1) is 8.33. The Labute approximate surface area is 104 Å². The van der Waals surface area contributed by atoms with Crippen molar-refractivity contribution < 1.29 is 0 Å². The van der Waals surface area contributed by atoms with Crippen molar-refractivity contribution in [3.8, 4) is 0 Å². The van der Waals surface area contributed by atoms with Crippen molar-refractivity contribution in [3.05, 3.63) is 70.5 Å². The molecule has 0 aliphatic carbocycles. The van der Waals surface area contributed by atoms with E-state index < -0.39 is 0 Å². The Hall–Kier alpha value is -1.39. The van der Waals surface area contributed by atoms with Crippen LogP contribution in [0.5, 0.6) is 0 Å². The number of rotatable bonds is 2. The second kappa shape index (κ2) is 4.47. The van der Waals surface area contributed by atoms with E-state index in [1.165, 1.54) is 35.9 Å². The zero-order chi connectivity index (χ0) is 11.7. The molecule has 0 aromatic heterocycles. The first-order valence-corrected chi connectivity index (χ1v) is 6.78. The van der Waals surface area contributed by atoms with Gasteiger partial charge in [0, 0.05) is 0 Å². The number of benzene rings is 2. The van der Waals surface area contributed by atoms with Crippen LogP contribution < -0.4 is 5.30 Å². The monoisotopic (exact) mass is 237 g/mol. The standard InChI is InChI=1S/C16H14P/c1-12-6-2-3-7-13(12)10-15-11-14-8-4-5-9-16(14)17-15/h2-9,11H,10H2,1H3. The van der Waals surface area contributed by atoms with Crippen LogP contribution >= 0.6 is 8.58 Å². The van der Waals surface area contributed by atoms with Gasteiger partial charge in [-0.2, -0.15) is 0 Å². The Morgan fingerprint density at radius 3 is 2.53 bits per heavy atom. The van der Waals surface area contributed by atoms with Crippen molar-refractivity contribution >= 4 is 20.0 Å². The molecule has 3 rings (SSSR count). The number of aryl methyl sites for hydroxylation is 1. The van der Waals surface area contributed by atoms with Gasteiger partial charge in [-0.05, 0) is 55.3 Å². The van der Waals surface area contributed by atoms with E-state index in [0.29, 0.717) is 0 Å². The molecular formula is C16H14P. The fourth-order valence-electron chi connectivity index (χ4n) is 2.17. The summed E-state index contributed by atoms with van der Waals surface area (Å²) in [6.07, 6.45) is 3.41. The van der Waals surface area contributed by atoms with Gasteiger partial charge in [0.1, 0.15) is 0 Å². The lowest BCUT2D eigenvalue weighted by molar-refractivity contribution is 1.20. The summed E-state index contributed by atoms with van der Waals surface area (Å²) in [7, 11) is 1.38. The number of hydrogen-bond donors (Lipinski definition) is 0. The highest BCUT2D eigenvalue weighted by Gasteiger charge is 2.13. The molecule has 1 aliphatic rings. The molecule has 0 amide bonds. The fourth-order valence-corrected chi connectivity index (χ4v) is 3.36. The normalized spacial score (nSPS) is 14.8. The Bertz CT molecular complexity index is 582. The van der Waals surface area contributed by atoms with Crippen molar-refractivity contribution in [2.45, 2.75) is 13.3 Å². The molecule has 17 heavy (non-hydrogen) atoms. The molecule has 0 unspecified atom stereocenters. The summed E-state index contributed by atoms with van der Waals surface area (Å²) in [6, 6.07) is 17.3. The molecule has 0 fully saturated rings. The van der Waals surface area contributed by atoms with Crippen LogP contribution in [0.2, 0.25) is 0 Å². The SMILES string of the molecule is Cc1ccccc1CC1=Cc2ccccc2[P]1.